The third kappa shape index (κ3) is 13.1. The van der Waals surface area contributed by atoms with Gasteiger partial charge in [-0.15, -0.1) is 0 Å². The van der Waals surface area contributed by atoms with Crippen molar-refractivity contribution in [2.45, 2.75) is 214 Å². The molecule has 0 radical (unpaired) electrons. The lowest BCUT2D eigenvalue weighted by Gasteiger charge is -2.44. The van der Waals surface area contributed by atoms with E-state index in [9.17, 15) is 19.2 Å². The first-order chi connectivity index (χ1) is 25.9. The molecule has 0 spiro atoms. The molecule has 1 aromatic carbocycles. The zero-order valence-electron chi connectivity index (χ0n) is 34.3. The third-order valence-corrected chi connectivity index (χ3v) is 13.2. The van der Waals surface area contributed by atoms with Gasteiger partial charge in [0.25, 0.3) is 22.2 Å². The molecule has 1 fully saturated rings. The second-order valence-electron chi connectivity index (χ2n) is 17.1. The summed E-state index contributed by atoms with van der Waals surface area (Å²) in [6, 6.07) is 2.84. The molecule has 6 heteroatoms. The number of benzene rings is 1. The number of aromatic amines is 1. The maximum absolute atomic E-state index is 13.1. The van der Waals surface area contributed by atoms with Gasteiger partial charge in [-0.1, -0.05) is 175 Å². The van der Waals surface area contributed by atoms with Crippen LogP contribution in [-0.2, 0) is 6.54 Å². The highest BCUT2D eigenvalue weighted by Gasteiger charge is 2.37. The minimum Gasteiger partial charge on any atom is -0.288 e. The summed E-state index contributed by atoms with van der Waals surface area (Å²) < 4.78 is 1.30. The lowest BCUT2D eigenvalue weighted by molar-refractivity contribution is 0.0581. The molecule has 0 amide bonds. The average molecular weight is 733 g/mol. The molecule has 0 saturated heterocycles. The van der Waals surface area contributed by atoms with Gasteiger partial charge in [-0.25, -0.2) is 0 Å². The number of nitrogens with zero attached hydrogens (tertiary/aromatic N) is 1. The first-order valence-corrected chi connectivity index (χ1v) is 22.8. The van der Waals surface area contributed by atoms with E-state index in [4.69, 9.17) is 0 Å². The van der Waals surface area contributed by atoms with Gasteiger partial charge in [0.05, 0.1) is 21.5 Å². The van der Waals surface area contributed by atoms with Crippen molar-refractivity contribution in [3.8, 4) is 0 Å². The van der Waals surface area contributed by atoms with E-state index < -0.39 is 11.1 Å². The molecule has 1 aliphatic rings. The van der Waals surface area contributed by atoms with Gasteiger partial charge in [-0.05, 0) is 67.9 Å². The molecule has 4 rings (SSSR count). The Bertz CT molecular complexity index is 1580. The Hall–Kier alpha value is -2.50. The van der Waals surface area contributed by atoms with Gasteiger partial charge in [-0.2, -0.15) is 0 Å². The van der Waals surface area contributed by atoms with Gasteiger partial charge in [0.2, 0.25) is 0 Å². The van der Waals surface area contributed by atoms with Gasteiger partial charge in [0.1, 0.15) is 0 Å². The fraction of sp³-hybridized carbons (Fsp3) is 0.787. The van der Waals surface area contributed by atoms with Gasteiger partial charge >= 0.3 is 0 Å². The Kier molecular flexibility index (Phi) is 19.7. The summed E-state index contributed by atoms with van der Waals surface area (Å²) >= 11 is 0. The second kappa shape index (κ2) is 24.1. The van der Waals surface area contributed by atoms with Gasteiger partial charge < -0.3 is 0 Å². The molecule has 2 aromatic heterocycles. The standard InChI is InChI=1S/C47H76N2O4/c1-4-7-10-13-15-18-23-28-37-32-31-36(27-22-12-9-6-3)38(29-24-19-14-11-8-5-2)39(37)30-25-20-16-17-21-26-33-49-46(52)42-34-40-41(35-43(42)47(49)53)45(51)48-44(40)50/h34-39H,4-33H2,1-3H3,(H,48,50,51). The average Bonchev–Trinajstić information content (AvgIpc) is 3.57. The molecule has 298 valence electrons. The second-order valence-corrected chi connectivity index (χ2v) is 17.1. The first kappa shape index (κ1) is 43.2. The van der Waals surface area contributed by atoms with Gasteiger partial charge in [0, 0.05) is 6.54 Å². The van der Waals surface area contributed by atoms with E-state index in [2.05, 4.69) is 25.8 Å². The SMILES string of the molecule is CCCCCCCCCC1CCC(CCCCCC)C(CCCCCCCC)C1CCCCCCCCn1c(=O)c2cc3c(=O)[nH]c(=O)c3cc2c1=O. The molecule has 4 unspecified atom stereocenters. The van der Waals surface area contributed by atoms with E-state index in [0.29, 0.717) is 6.54 Å². The summed E-state index contributed by atoms with van der Waals surface area (Å²) in [5.41, 5.74) is -1.71. The number of H-pyrrole nitrogens is 1. The lowest BCUT2D eigenvalue weighted by Crippen LogP contribution is -2.35. The quantitative estimate of drug-likeness (QED) is 0.0720. The minimum atomic E-state index is -0.505. The van der Waals surface area contributed by atoms with Crippen LogP contribution in [-0.4, -0.2) is 9.55 Å². The largest absolute Gasteiger partial charge is 0.288 e. The molecule has 1 N–H and O–H groups in total. The van der Waals surface area contributed by atoms with Crippen LogP contribution in [0.15, 0.2) is 31.3 Å². The van der Waals surface area contributed by atoms with E-state index in [1.165, 1.54) is 184 Å². The Morgan fingerprint density at radius 3 is 1.21 bits per heavy atom. The highest BCUT2D eigenvalue weighted by atomic mass is 16.2. The molecule has 4 atom stereocenters. The first-order valence-electron chi connectivity index (χ1n) is 22.8. The van der Waals surface area contributed by atoms with Crippen molar-refractivity contribution in [3.05, 3.63) is 53.5 Å². The normalized spacial score (nSPS) is 19.2. The summed E-state index contributed by atoms with van der Waals surface area (Å²) in [7, 11) is 0. The van der Waals surface area contributed by atoms with Crippen LogP contribution in [0.25, 0.3) is 21.5 Å². The molecule has 0 bridgehead atoms. The van der Waals surface area contributed by atoms with E-state index in [1.54, 1.807) is 0 Å². The fourth-order valence-corrected chi connectivity index (χ4v) is 10.0. The van der Waals surface area contributed by atoms with E-state index >= 15 is 0 Å². The van der Waals surface area contributed by atoms with Crippen LogP contribution in [0.1, 0.15) is 207 Å². The van der Waals surface area contributed by atoms with Crippen LogP contribution in [0.2, 0.25) is 0 Å². The monoisotopic (exact) mass is 733 g/mol. The molecule has 53 heavy (non-hydrogen) atoms. The Balaban J connectivity index is 1.29. The summed E-state index contributed by atoms with van der Waals surface area (Å²) in [4.78, 5) is 52.5. The van der Waals surface area contributed by atoms with Crippen molar-refractivity contribution in [2.24, 2.45) is 23.7 Å². The summed E-state index contributed by atoms with van der Waals surface area (Å²) in [5.74, 6) is 3.71. The predicted octanol–water partition coefficient (Wildman–Crippen LogP) is 12.3. The predicted molar refractivity (Wildman–Crippen MR) is 226 cm³/mol. The lowest BCUT2D eigenvalue weighted by atomic mass is 9.61. The molecule has 0 aliphatic heterocycles. The van der Waals surface area contributed by atoms with Crippen molar-refractivity contribution in [1.29, 1.82) is 0 Å². The summed E-state index contributed by atoms with van der Waals surface area (Å²) in [5, 5.41) is 0.852. The van der Waals surface area contributed by atoms with E-state index in [0.717, 1.165) is 42.9 Å². The molecule has 1 aliphatic carbocycles. The van der Waals surface area contributed by atoms with Gasteiger partial charge in [-0.3, -0.25) is 28.7 Å². The topological polar surface area (TPSA) is 89.0 Å². The zero-order valence-corrected chi connectivity index (χ0v) is 34.3. The summed E-state index contributed by atoms with van der Waals surface area (Å²) in [6.45, 7) is 7.35. The van der Waals surface area contributed by atoms with Crippen LogP contribution in [0.3, 0.4) is 0 Å². The number of hydrogen-bond donors (Lipinski definition) is 1. The third-order valence-electron chi connectivity index (χ3n) is 13.2. The molecule has 6 nitrogen and oxygen atoms in total. The molecular weight excluding hydrogens is 657 g/mol. The number of rotatable bonds is 29. The van der Waals surface area contributed by atoms with Crippen LogP contribution >= 0.6 is 0 Å². The number of nitrogens with one attached hydrogen (secondary N) is 1. The van der Waals surface area contributed by atoms with E-state index in [-0.39, 0.29) is 32.7 Å². The van der Waals surface area contributed by atoms with E-state index in [1.807, 2.05) is 0 Å². The Morgan fingerprint density at radius 2 is 0.792 bits per heavy atom. The highest BCUT2D eigenvalue weighted by molar-refractivity contribution is 5.97. The van der Waals surface area contributed by atoms with Gasteiger partial charge in [0.15, 0.2) is 0 Å². The van der Waals surface area contributed by atoms with Crippen LogP contribution in [0, 0.1) is 23.7 Å². The molecule has 1 saturated carbocycles. The Labute approximate surface area is 321 Å². The van der Waals surface area contributed by atoms with Crippen LogP contribution < -0.4 is 22.2 Å². The maximum Gasteiger partial charge on any atom is 0.261 e. The molecule has 3 aromatic rings. The summed E-state index contributed by atoms with van der Waals surface area (Å²) in [6.07, 6.45) is 39.3. The highest BCUT2D eigenvalue weighted by Crippen LogP contribution is 2.47. The fourth-order valence-electron chi connectivity index (χ4n) is 10.0. The number of aromatic nitrogens is 2. The van der Waals surface area contributed by atoms with Crippen LogP contribution in [0.4, 0.5) is 0 Å². The van der Waals surface area contributed by atoms with Crippen molar-refractivity contribution < 1.29 is 0 Å². The maximum atomic E-state index is 13.1. The number of fused-ring (bicyclic) bond motifs is 2. The smallest absolute Gasteiger partial charge is 0.261 e. The number of hydrogen-bond acceptors (Lipinski definition) is 4. The number of unbranched alkanes of at least 4 members (excludes halogenated alkanes) is 19. The van der Waals surface area contributed by atoms with Crippen molar-refractivity contribution in [2.75, 3.05) is 0 Å². The van der Waals surface area contributed by atoms with Crippen LogP contribution in [0.5, 0.6) is 0 Å². The minimum absolute atomic E-state index is 0.185. The van der Waals surface area contributed by atoms with Crippen molar-refractivity contribution in [1.82, 2.24) is 9.55 Å². The Morgan fingerprint density at radius 1 is 0.453 bits per heavy atom. The van der Waals surface area contributed by atoms with Crippen molar-refractivity contribution in [3.63, 3.8) is 0 Å². The molecular formula is C47H76N2O4. The molecule has 2 heterocycles. The zero-order chi connectivity index (χ0) is 37.8. The van der Waals surface area contributed by atoms with Crippen molar-refractivity contribution >= 4 is 21.5 Å².